The highest BCUT2D eigenvalue weighted by Gasteiger charge is 2.34. The number of anilines is 1. The minimum absolute atomic E-state index is 0.0741. The number of benzene rings is 3. The zero-order valence-electron chi connectivity index (χ0n) is 20.2. The maximum atomic E-state index is 12.9. The molecule has 35 heavy (non-hydrogen) atoms. The van der Waals surface area contributed by atoms with Gasteiger partial charge in [0.15, 0.2) is 0 Å². The van der Waals surface area contributed by atoms with Gasteiger partial charge in [-0.1, -0.05) is 45.8 Å². The summed E-state index contributed by atoms with van der Waals surface area (Å²) in [6.45, 7) is 6.38. The van der Waals surface area contributed by atoms with Gasteiger partial charge in [-0.05, 0) is 74.7 Å². The average Bonchev–Trinajstić information content (AvgIpc) is 3.41. The SMILES string of the molecule is Cc1ccc(OCCCCn2c(C3CC(=O)N(c4ccc(Br)cc4)C3)nc3ccccc32)c(C)c1. The lowest BCUT2D eigenvalue weighted by molar-refractivity contribution is -0.117. The van der Waals surface area contributed by atoms with Crippen molar-refractivity contribution in [3.05, 3.63) is 88.2 Å². The predicted molar refractivity (Wildman–Crippen MR) is 144 cm³/mol. The molecule has 1 aliphatic rings. The first-order valence-corrected chi connectivity index (χ1v) is 13.0. The summed E-state index contributed by atoms with van der Waals surface area (Å²) < 4.78 is 9.36. The number of ether oxygens (including phenoxy) is 1. The monoisotopic (exact) mass is 531 g/mol. The van der Waals surface area contributed by atoms with Crippen molar-refractivity contribution in [1.82, 2.24) is 9.55 Å². The molecule has 2 heterocycles. The molecule has 0 spiro atoms. The molecule has 6 heteroatoms. The van der Waals surface area contributed by atoms with Crippen LogP contribution in [-0.2, 0) is 11.3 Å². The third kappa shape index (κ3) is 5.13. The van der Waals surface area contributed by atoms with Crippen LogP contribution in [0.25, 0.3) is 11.0 Å². The largest absolute Gasteiger partial charge is 0.493 e. The first-order valence-electron chi connectivity index (χ1n) is 12.2. The lowest BCUT2D eigenvalue weighted by Gasteiger charge is -2.17. The van der Waals surface area contributed by atoms with E-state index in [9.17, 15) is 4.79 Å². The van der Waals surface area contributed by atoms with Gasteiger partial charge in [0.2, 0.25) is 5.91 Å². The summed E-state index contributed by atoms with van der Waals surface area (Å²) in [4.78, 5) is 19.8. The Kier molecular flexibility index (Phi) is 6.91. The fourth-order valence-corrected chi connectivity index (χ4v) is 5.17. The second kappa shape index (κ2) is 10.2. The van der Waals surface area contributed by atoms with Gasteiger partial charge in [-0.15, -0.1) is 0 Å². The number of carbonyl (C=O) groups excluding carboxylic acids is 1. The van der Waals surface area contributed by atoms with E-state index in [0.717, 1.165) is 52.2 Å². The van der Waals surface area contributed by atoms with Gasteiger partial charge in [0.1, 0.15) is 11.6 Å². The summed E-state index contributed by atoms with van der Waals surface area (Å²) >= 11 is 3.48. The van der Waals surface area contributed by atoms with Crippen LogP contribution in [0, 0.1) is 13.8 Å². The second-order valence-corrected chi connectivity index (χ2v) is 10.2. The number of aryl methyl sites for hydroxylation is 3. The van der Waals surface area contributed by atoms with Crippen LogP contribution in [0.2, 0.25) is 0 Å². The Balaban J connectivity index is 1.28. The first-order chi connectivity index (χ1) is 17.0. The number of halogens is 1. The number of hydrogen-bond acceptors (Lipinski definition) is 3. The standard InChI is InChI=1S/C29H30BrN3O2/c1-20-9-14-27(21(2)17-20)35-16-6-5-15-32-26-8-4-3-7-25(26)31-29(32)22-18-28(34)33(19-22)24-12-10-23(30)11-13-24/h3-4,7-14,17,22H,5-6,15-16,18-19H2,1-2H3. The molecular formula is C29H30BrN3O2. The number of para-hydroxylation sites is 2. The maximum absolute atomic E-state index is 12.9. The normalized spacial score (nSPS) is 15.8. The third-order valence-corrected chi connectivity index (χ3v) is 7.21. The molecule has 1 aromatic heterocycles. The van der Waals surface area contributed by atoms with Gasteiger partial charge < -0.3 is 14.2 Å². The Labute approximate surface area is 214 Å². The molecule has 1 atom stereocenters. The molecular weight excluding hydrogens is 502 g/mol. The summed E-state index contributed by atoms with van der Waals surface area (Å²) in [5, 5.41) is 0. The Hall–Kier alpha value is -3.12. The molecule has 3 aromatic carbocycles. The minimum Gasteiger partial charge on any atom is -0.493 e. The molecule has 0 bridgehead atoms. The molecule has 1 unspecified atom stereocenters. The first kappa shape index (κ1) is 23.6. The van der Waals surface area contributed by atoms with Crippen LogP contribution in [0.3, 0.4) is 0 Å². The summed E-state index contributed by atoms with van der Waals surface area (Å²) in [7, 11) is 0. The van der Waals surface area contributed by atoms with Gasteiger partial charge >= 0.3 is 0 Å². The molecule has 1 saturated heterocycles. The maximum Gasteiger partial charge on any atom is 0.227 e. The second-order valence-electron chi connectivity index (χ2n) is 9.32. The van der Waals surface area contributed by atoms with Gasteiger partial charge in [-0.25, -0.2) is 4.98 Å². The molecule has 0 saturated carbocycles. The number of carbonyl (C=O) groups is 1. The van der Waals surface area contributed by atoms with E-state index in [-0.39, 0.29) is 11.8 Å². The van der Waals surface area contributed by atoms with Crippen molar-refractivity contribution in [2.24, 2.45) is 0 Å². The highest BCUT2D eigenvalue weighted by Crippen LogP contribution is 2.34. The van der Waals surface area contributed by atoms with E-state index in [2.05, 4.69) is 70.7 Å². The number of imidazole rings is 1. The highest BCUT2D eigenvalue weighted by atomic mass is 79.9. The highest BCUT2D eigenvalue weighted by molar-refractivity contribution is 9.10. The van der Waals surface area contributed by atoms with Crippen molar-refractivity contribution in [1.29, 1.82) is 0 Å². The van der Waals surface area contributed by atoms with E-state index < -0.39 is 0 Å². The van der Waals surface area contributed by atoms with Crippen LogP contribution < -0.4 is 9.64 Å². The number of amides is 1. The molecule has 1 fully saturated rings. The van der Waals surface area contributed by atoms with Crippen LogP contribution in [0.1, 0.15) is 42.1 Å². The number of hydrogen-bond donors (Lipinski definition) is 0. The summed E-state index contributed by atoms with van der Waals surface area (Å²) in [5.74, 6) is 2.19. The number of aromatic nitrogens is 2. The Bertz CT molecular complexity index is 1350. The number of unbranched alkanes of at least 4 members (excludes halogenated alkanes) is 1. The molecule has 4 aromatic rings. The minimum atomic E-state index is 0.0741. The predicted octanol–water partition coefficient (Wildman–Crippen LogP) is 6.80. The van der Waals surface area contributed by atoms with E-state index in [0.29, 0.717) is 19.6 Å². The topological polar surface area (TPSA) is 47.4 Å². The molecule has 180 valence electrons. The van der Waals surface area contributed by atoms with E-state index in [1.165, 1.54) is 11.1 Å². The molecule has 1 amide bonds. The van der Waals surface area contributed by atoms with Crippen molar-refractivity contribution < 1.29 is 9.53 Å². The van der Waals surface area contributed by atoms with Crippen LogP contribution in [0.15, 0.2) is 71.2 Å². The van der Waals surface area contributed by atoms with Gasteiger partial charge in [0, 0.05) is 35.6 Å². The summed E-state index contributed by atoms with van der Waals surface area (Å²) in [6, 6.07) is 22.5. The zero-order valence-corrected chi connectivity index (χ0v) is 21.8. The lowest BCUT2D eigenvalue weighted by atomic mass is 10.1. The molecule has 5 rings (SSSR count). The van der Waals surface area contributed by atoms with Gasteiger partial charge in [-0.3, -0.25) is 4.79 Å². The molecule has 0 radical (unpaired) electrons. The average molecular weight is 532 g/mol. The van der Waals surface area contributed by atoms with Gasteiger partial charge in [0.05, 0.1) is 17.6 Å². The number of rotatable bonds is 8. The Morgan fingerprint density at radius 1 is 1.03 bits per heavy atom. The smallest absolute Gasteiger partial charge is 0.227 e. The van der Waals surface area contributed by atoms with Crippen molar-refractivity contribution in [2.45, 2.75) is 45.6 Å². The van der Waals surface area contributed by atoms with Crippen molar-refractivity contribution in [3.63, 3.8) is 0 Å². The Morgan fingerprint density at radius 3 is 2.63 bits per heavy atom. The van der Waals surface area contributed by atoms with Crippen LogP contribution >= 0.6 is 15.9 Å². The van der Waals surface area contributed by atoms with Gasteiger partial charge in [0.25, 0.3) is 0 Å². The van der Waals surface area contributed by atoms with Crippen LogP contribution in [0.5, 0.6) is 5.75 Å². The van der Waals surface area contributed by atoms with Crippen molar-refractivity contribution in [3.8, 4) is 5.75 Å². The van der Waals surface area contributed by atoms with E-state index >= 15 is 0 Å². The molecule has 0 aliphatic carbocycles. The third-order valence-electron chi connectivity index (χ3n) is 6.68. The quantitative estimate of drug-likeness (QED) is 0.235. The lowest BCUT2D eigenvalue weighted by Crippen LogP contribution is -2.24. The number of fused-ring (bicyclic) bond motifs is 1. The molecule has 1 aliphatic heterocycles. The van der Waals surface area contributed by atoms with Crippen LogP contribution in [-0.4, -0.2) is 28.6 Å². The van der Waals surface area contributed by atoms with Crippen LogP contribution in [0.4, 0.5) is 5.69 Å². The van der Waals surface area contributed by atoms with E-state index in [1.807, 2.05) is 35.2 Å². The molecule has 5 nitrogen and oxygen atoms in total. The van der Waals surface area contributed by atoms with Crippen molar-refractivity contribution >= 4 is 38.6 Å². The summed E-state index contributed by atoms with van der Waals surface area (Å²) in [5.41, 5.74) is 5.48. The van der Waals surface area contributed by atoms with E-state index in [4.69, 9.17) is 9.72 Å². The fraction of sp³-hybridized carbons (Fsp3) is 0.310. The summed E-state index contributed by atoms with van der Waals surface area (Å²) in [6.07, 6.45) is 2.42. The Morgan fingerprint density at radius 2 is 1.83 bits per heavy atom. The van der Waals surface area contributed by atoms with E-state index in [1.54, 1.807) is 0 Å². The fourth-order valence-electron chi connectivity index (χ4n) is 4.91. The zero-order chi connectivity index (χ0) is 24.4. The van der Waals surface area contributed by atoms with Gasteiger partial charge in [-0.2, -0.15) is 0 Å². The van der Waals surface area contributed by atoms with Crippen molar-refractivity contribution in [2.75, 3.05) is 18.1 Å². The molecule has 0 N–H and O–H groups in total. The number of nitrogens with zero attached hydrogens (tertiary/aromatic N) is 3.